The molecule has 2 aromatic heterocycles. The molecule has 0 radical (unpaired) electrons. The molecule has 0 unspecified atom stereocenters. The number of rotatable bonds is 5. The van der Waals surface area contributed by atoms with Crippen molar-refractivity contribution in [2.45, 2.75) is 50.2 Å². The van der Waals surface area contributed by atoms with Crippen LogP contribution in [-0.2, 0) is 19.2 Å². The molecule has 4 heterocycles. The summed E-state index contributed by atoms with van der Waals surface area (Å²) in [5.41, 5.74) is -0.601. The zero-order chi connectivity index (χ0) is 28.6. The zero-order valence-electron chi connectivity index (χ0n) is 22.2. The number of aromatic nitrogens is 2. The van der Waals surface area contributed by atoms with E-state index in [1.807, 2.05) is 71.0 Å². The van der Waals surface area contributed by atoms with Crippen LogP contribution in [-0.4, -0.2) is 62.2 Å². The van der Waals surface area contributed by atoms with E-state index < -0.39 is 5.54 Å². The van der Waals surface area contributed by atoms with Crippen molar-refractivity contribution in [3.8, 4) is 0 Å². The molecule has 0 spiro atoms. The lowest BCUT2D eigenvalue weighted by molar-refractivity contribution is -0.142. The van der Waals surface area contributed by atoms with E-state index in [1.54, 1.807) is 18.6 Å². The van der Waals surface area contributed by atoms with E-state index in [1.165, 1.54) is 47.2 Å². The number of amides is 4. The Morgan fingerprint density at radius 2 is 1.18 bits per heavy atom. The number of likely N-dealkylation sites (N-methyl/N-ethyl adjacent to an activating group) is 1. The molecular weight excluding hydrogens is 561 g/mol. The highest BCUT2D eigenvalue weighted by atomic mass is 32.2. The molecule has 0 aliphatic carbocycles. The monoisotopic (exact) mass is 590 g/mol. The minimum atomic E-state index is -0.601. The van der Waals surface area contributed by atoms with Crippen molar-refractivity contribution in [1.29, 1.82) is 0 Å². The van der Waals surface area contributed by atoms with Crippen molar-refractivity contribution < 1.29 is 19.2 Å². The van der Waals surface area contributed by atoms with Gasteiger partial charge in [0.15, 0.2) is 0 Å². The Hall–Kier alpha value is -2.54. The molecule has 0 fully saturated rings. The largest absolute Gasteiger partial charge is 0.277 e. The highest BCUT2D eigenvalue weighted by molar-refractivity contribution is 8.08. The van der Waals surface area contributed by atoms with Crippen LogP contribution in [0.3, 0.4) is 0 Å². The molecule has 0 bridgehead atoms. The van der Waals surface area contributed by atoms with Crippen LogP contribution in [0.2, 0.25) is 0 Å². The van der Waals surface area contributed by atoms with E-state index in [9.17, 15) is 19.2 Å². The fourth-order valence-corrected chi connectivity index (χ4v) is 6.11. The topological polar surface area (TPSA) is 101 Å². The summed E-state index contributed by atoms with van der Waals surface area (Å²) < 4.78 is 0. The maximum Gasteiger partial charge on any atom is 0.269 e. The Kier molecular flexibility index (Phi) is 11.7. The van der Waals surface area contributed by atoms with Gasteiger partial charge in [0.25, 0.3) is 23.6 Å². The van der Waals surface area contributed by atoms with Crippen LogP contribution in [0.15, 0.2) is 78.5 Å². The lowest BCUT2D eigenvalue weighted by atomic mass is 10.1. The molecule has 0 saturated carbocycles. The number of pyridine rings is 2. The molecule has 8 nitrogen and oxygen atoms in total. The summed E-state index contributed by atoms with van der Waals surface area (Å²) in [5.74, 6) is -1.15. The molecule has 2 aromatic rings. The third kappa shape index (κ3) is 7.31. The normalized spacial score (nSPS) is 15.6. The third-order valence-electron chi connectivity index (χ3n) is 4.79. The average Bonchev–Trinajstić information content (AvgIpc) is 3.25. The summed E-state index contributed by atoms with van der Waals surface area (Å²) >= 11 is 7.61. The number of nitrogens with zero attached hydrogens (tertiary/aromatic N) is 4. The van der Waals surface area contributed by atoms with Gasteiger partial charge in [0.1, 0.15) is 10.1 Å². The number of carbonyl (C=O) groups is 4. The highest BCUT2D eigenvalue weighted by Gasteiger charge is 2.45. The van der Waals surface area contributed by atoms with Gasteiger partial charge in [-0.3, -0.25) is 29.0 Å². The smallest absolute Gasteiger partial charge is 0.269 e. The van der Waals surface area contributed by atoms with E-state index in [2.05, 4.69) is 22.6 Å². The zero-order valence-corrected chi connectivity index (χ0v) is 25.6. The molecule has 12 heteroatoms. The quantitative estimate of drug-likeness (QED) is 0.369. The van der Waals surface area contributed by atoms with E-state index >= 15 is 0 Å². The SMILES string of the molecule is CC.CC(C)(C)N1C(=O)C(Sc2ccccn2)=C(Sc2ccccn2)C1=O.CSC1=C(S)C(=O)N(C)C1=O. The van der Waals surface area contributed by atoms with Crippen molar-refractivity contribution >= 4 is 71.5 Å². The number of hydrogen-bond donors (Lipinski definition) is 1. The summed E-state index contributed by atoms with van der Waals surface area (Å²) in [6, 6.07) is 11.0. The van der Waals surface area contributed by atoms with Crippen molar-refractivity contribution in [1.82, 2.24) is 19.8 Å². The molecule has 4 rings (SSSR count). The maximum atomic E-state index is 12.9. The van der Waals surface area contributed by atoms with Crippen LogP contribution in [0.25, 0.3) is 0 Å². The first kappa shape index (κ1) is 31.7. The first-order chi connectivity index (χ1) is 18.0. The van der Waals surface area contributed by atoms with Gasteiger partial charge >= 0.3 is 0 Å². The van der Waals surface area contributed by atoms with Crippen LogP contribution in [0, 0.1) is 0 Å². The summed E-state index contributed by atoms with van der Waals surface area (Å²) in [7, 11) is 1.45. The van der Waals surface area contributed by atoms with Gasteiger partial charge in [0.05, 0.1) is 19.6 Å². The molecule has 38 heavy (non-hydrogen) atoms. The van der Waals surface area contributed by atoms with Crippen molar-refractivity contribution in [3.63, 3.8) is 0 Å². The fraction of sp³-hybridized carbons (Fsp3) is 0.308. The molecule has 0 saturated heterocycles. The molecule has 2 aliphatic rings. The van der Waals surface area contributed by atoms with Crippen molar-refractivity contribution in [3.05, 3.63) is 68.4 Å². The van der Waals surface area contributed by atoms with Crippen LogP contribution in [0.4, 0.5) is 0 Å². The van der Waals surface area contributed by atoms with E-state index in [-0.39, 0.29) is 28.5 Å². The Balaban J connectivity index is 0.000000327. The van der Waals surface area contributed by atoms with Gasteiger partial charge in [0, 0.05) is 25.0 Å². The fourth-order valence-electron chi connectivity index (χ4n) is 3.09. The number of carbonyl (C=O) groups excluding carboxylic acids is 4. The number of thioether (sulfide) groups is 3. The molecule has 0 atom stereocenters. The molecule has 2 aliphatic heterocycles. The van der Waals surface area contributed by atoms with Gasteiger partial charge in [-0.15, -0.1) is 24.4 Å². The minimum absolute atomic E-state index is 0.255. The Morgan fingerprint density at radius 3 is 1.45 bits per heavy atom. The second-order valence-electron chi connectivity index (χ2n) is 8.37. The number of imide groups is 2. The summed E-state index contributed by atoms with van der Waals surface area (Å²) in [5, 5.41) is 1.35. The van der Waals surface area contributed by atoms with Gasteiger partial charge in [0.2, 0.25) is 0 Å². The Bertz CT molecular complexity index is 1200. The Morgan fingerprint density at radius 1 is 0.737 bits per heavy atom. The first-order valence-corrected chi connectivity index (χ1v) is 14.9. The van der Waals surface area contributed by atoms with Crippen LogP contribution >= 0.6 is 47.9 Å². The summed E-state index contributed by atoms with van der Waals surface area (Å²) in [6.07, 6.45) is 5.07. The van der Waals surface area contributed by atoms with Crippen molar-refractivity contribution in [2.75, 3.05) is 13.3 Å². The van der Waals surface area contributed by atoms with E-state index in [4.69, 9.17) is 0 Å². The molecule has 0 aromatic carbocycles. The molecule has 0 N–H and O–H groups in total. The number of thiol groups is 1. The number of hydrogen-bond acceptors (Lipinski definition) is 10. The average molecular weight is 591 g/mol. The van der Waals surface area contributed by atoms with Crippen molar-refractivity contribution in [2.24, 2.45) is 0 Å². The van der Waals surface area contributed by atoms with Gasteiger partial charge < -0.3 is 0 Å². The highest BCUT2D eigenvalue weighted by Crippen LogP contribution is 2.43. The summed E-state index contributed by atoms with van der Waals surface area (Å²) in [4.78, 5) is 60.4. The second kappa shape index (κ2) is 14.0. The first-order valence-electron chi connectivity index (χ1n) is 11.6. The van der Waals surface area contributed by atoms with Crippen LogP contribution < -0.4 is 0 Å². The predicted octanol–water partition coefficient (Wildman–Crippen LogP) is 5.26. The lowest BCUT2D eigenvalue weighted by Crippen LogP contribution is -2.46. The van der Waals surface area contributed by atoms with E-state index in [0.29, 0.717) is 24.8 Å². The third-order valence-corrected chi connectivity index (χ3v) is 8.34. The Labute approximate surface area is 241 Å². The predicted molar refractivity (Wildman–Crippen MR) is 157 cm³/mol. The molecule has 202 valence electrons. The van der Waals surface area contributed by atoms with Gasteiger partial charge in [-0.05, 0) is 51.3 Å². The van der Waals surface area contributed by atoms with Crippen LogP contribution in [0.1, 0.15) is 34.6 Å². The van der Waals surface area contributed by atoms with Gasteiger partial charge in [-0.1, -0.05) is 49.5 Å². The minimum Gasteiger partial charge on any atom is -0.277 e. The molecular formula is C26H30N4O4S4. The molecule has 4 amide bonds. The van der Waals surface area contributed by atoms with E-state index in [0.717, 1.165) is 4.90 Å². The second-order valence-corrected chi connectivity index (χ2v) is 11.7. The lowest BCUT2D eigenvalue weighted by Gasteiger charge is -2.30. The van der Waals surface area contributed by atoms with Gasteiger partial charge in [-0.25, -0.2) is 9.97 Å². The van der Waals surface area contributed by atoms with Crippen LogP contribution in [0.5, 0.6) is 0 Å². The standard InChI is InChI=1S/C18H17N3O2S2.C6H7NO2S2.C2H6/c1-18(2,3)21-16(22)14(24-12-8-4-6-10-19-12)15(17(21)23)25-13-9-5-7-11-20-13;1-7-5(8)3(10)4(11-2)6(7)9;1-2/h4-11H,1-3H3;10H,1-2H3;1-2H3. The maximum absolute atomic E-state index is 12.9. The van der Waals surface area contributed by atoms with Gasteiger partial charge in [-0.2, -0.15) is 0 Å². The summed E-state index contributed by atoms with van der Waals surface area (Å²) in [6.45, 7) is 9.54.